The number of nitrogens with one attached hydrogen (secondary N) is 1. The smallest absolute Gasteiger partial charge is 0.417 e. The van der Waals surface area contributed by atoms with Crippen molar-refractivity contribution in [1.82, 2.24) is 29.0 Å². The van der Waals surface area contributed by atoms with E-state index < -0.39 is 17.3 Å². The number of fused-ring (bicyclic) bond motifs is 1. The molecule has 12 heteroatoms. The second-order valence-electron chi connectivity index (χ2n) is 12.2. The molecule has 7 rings (SSSR count). The number of aromatic nitrogens is 5. The highest BCUT2D eigenvalue weighted by Crippen LogP contribution is 2.40. The summed E-state index contributed by atoms with van der Waals surface area (Å²) in [5.41, 5.74) is -0.173. The van der Waals surface area contributed by atoms with Gasteiger partial charge in [0.1, 0.15) is 23.3 Å². The number of ether oxygens (including phenoxy) is 1. The molecule has 1 aliphatic carbocycles. The van der Waals surface area contributed by atoms with Gasteiger partial charge in [0.05, 0.1) is 5.56 Å². The average molecular weight is 630 g/mol. The molecule has 2 aliphatic rings. The Morgan fingerprint density at radius 2 is 1.74 bits per heavy atom. The summed E-state index contributed by atoms with van der Waals surface area (Å²) in [5.74, 6) is 1.46. The van der Waals surface area contributed by atoms with Gasteiger partial charge in [-0.2, -0.15) is 18.2 Å². The lowest BCUT2D eigenvalue weighted by Crippen LogP contribution is -2.27. The van der Waals surface area contributed by atoms with Gasteiger partial charge < -0.3 is 19.5 Å². The number of likely N-dealkylation sites (tertiary alicyclic amines) is 1. The molecule has 0 spiro atoms. The van der Waals surface area contributed by atoms with Crippen LogP contribution in [0, 0.1) is 0 Å². The zero-order chi connectivity index (χ0) is 32.0. The molecular formula is C34H34F3N7O2. The van der Waals surface area contributed by atoms with Crippen LogP contribution in [0.3, 0.4) is 0 Å². The first kappa shape index (κ1) is 30.0. The number of benzene rings is 2. The second kappa shape index (κ2) is 11.9. The largest absolute Gasteiger partial charge is 0.489 e. The molecule has 1 aliphatic heterocycles. The van der Waals surface area contributed by atoms with Gasteiger partial charge in [-0.3, -0.25) is 9.36 Å². The van der Waals surface area contributed by atoms with Gasteiger partial charge in [0.2, 0.25) is 5.95 Å². The Morgan fingerprint density at radius 3 is 2.41 bits per heavy atom. The molecular weight excluding hydrogens is 595 g/mol. The minimum absolute atomic E-state index is 0.0357. The molecule has 1 N–H and O–H groups in total. The first-order chi connectivity index (χ1) is 22.1. The predicted molar refractivity (Wildman–Crippen MR) is 170 cm³/mol. The van der Waals surface area contributed by atoms with E-state index in [1.807, 2.05) is 24.3 Å². The van der Waals surface area contributed by atoms with E-state index in [4.69, 9.17) is 9.72 Å². The number of hydrogen-bond acceptors (Lipinski definition) is 7. The fraction of sp³-hybridized carbons (Fsp3) is 0.353. The van der Waals surface area contributed by atoms with E-state index in [-0.39, 0.29) is 29.2 Å². The highest BCUT2D eigenvalue weighted by atomic mass is 19.4. The summed E-state index contributed by atoms with van der Waals surface area (Å²) in [7, 11) is 3.80. The molecule has 4 heterocycles. The second-order valence-corrected chi connectivity index (χ2v) is 12.2. The normalized spacial score (nSPS) is 17.6. The maximum Gasteiger partial charge on any atom is 0.417 e. The van der Waals surface area contributed by atoms with Crippen molar-refractivity contribution in [1.29, 1.82) is 0 Å². The van der Waals surface area contributed by atoms with Gasteiger partial charge in [0.25, 0.3) is 5.56 Å². The Balaban J connectivity index is 1.26. The number of imidazole rings is 1. The SMILES string of the molecule is CN1CCC(Oc2ccc(Nc3ncc4cc(-c5ccc(-c6nccn6C)cc5C(F)(F)F)c(=O)n(C5CCCC5)c4n3)cc2)C1. The van der Waals surface area contributed by atoms with Crippen molar-refractivity contribution in [2.75, 3.05) is 25.5 Å². The number of alkyl halides is 3. The van der Waals surface area contributed by atoms with E-state index in [1.54, 1.807) is 34.6 Å². The number of anilines is 2. The molecule has 1 atom stereocenters. The van der Waals surface area contributed by atoms with E-state index in [0.717, 1.165) is 62.7 Å². The molecule has 1 unspecified atom stereocenters. The van der Waals surface area contributed by atoms with Gasteiger partial charge in [-0.25, -0.2) is 9.97 Å². The predicted octanol–water partition coefficient (Wildman–Crippen LogP) is 6.82. The first-order valence-electron chi connectivity index (χ1n) is 15.5. The molecule has 5 aromatic rings. The number of likely N-dealkylation sites (N-methyl/N-ethyl adjacent to an activating group) is 1. The fourth-order valence-corrected chi connectivity index (χ4v) is 6.60. The van der Waals surface area contributed by atoms with E-state index in [2.05, 4.69) is 27.2 Å². The highest BCUT2D eigenvalue weighted by Gasteiger charge is 2.36. The van der Waals surface area contributed by atoms with Crippen LogP contribution in [-0.4, -0.2) is 55.2 Å². The summed E-state index contributed by atoms with van der Waals surface area (Å²) in [6, 6.07) is 12.8. The lowest BCUT2D eigenvalue weighted by Gasteiger charge is -2.20. The number of rotatable bonds is 7. The monoisotopic (exact) mass is 629 g/mol. The third kappa shape index (κ3) is 5.84. The fourth-order valence-electron chi connectivity index (χ4n) is 6.60. The van der Waals surface area contributed by atoms with E-state index in [1.165, 1.54) is 18.3 Å². The summed E-state index contributed by atoms with van der Waals surface area (Å²) in [4.78, 5) is 29.8. The minimum Gasteiger partial charge on any atom is -0.489 e. The van der Waals surface area contributed by atoms with E-state index >= 15 is 0 Å². The van der Waals surface area contributed by atoms with Gasteiger partial charge in [0.15, 0.2) is 0 Å². The van der Waals surface area contributed by atoms with Gasteiger partial charge in [-0.15, -0.1) is 0 Å². The van der Waals surface area contributed by atoms with Crippen LogP contribution in [0.2, 0.25) is 0 Å². The van der Waals surface area contributed by atoms with Gasteiger partial charge in [0, 0.05) is 67.0 Å². The number of nitrogens with zero attached hydrogens (tertiary/aromatic N) is 6. The topological polar surface area (TPSA) is 90.1 Å². The zero-order valence-corrected chi connectivity index (χ0v) is 25.6. The Kier molecular flexibility index (Phi) is 7.75. The molecule has 46 heavy (non-hydrogen) atoms. The lowest BCUT2D eigenvalue weighted by atomic mass is 9.96. The molecule has 1 saturated carbocycles. The highest BCUT2D eigenvalue weighted by molar-refractivity contribution is 5.83. The van der Waals surface area contributed by atoms with Crippen molar-refractivity contribution in [2.24, 2.45) is 7.05 Å². The Bertz CT molecular complexity index is 1950. The van der Waals surface area contributed by atoms with Crippen LogP contribution >= 0.6 is 0 Å². The first-order valence-corrected chi connectivity index (χ1v) is 15.5. The summed E-state index contributed by atoms with van der Waals surface area (Å²) in [6.07, 6.45) is 4.55. The van der Waals surface area contributed by atoms with Crippen molar-refractivity contribution in [3.05, 3.63) is 83.0 Å². The zero-order valence-electron chi connectivity index (χ0n) is 25.6. The summed E-state index contributed by atoms with van der Waals surface area (Å²) in [5, 5.41) is 3.69. The van der Waals surface area contributed by atoms with Crippen LogP contribution in [0.4, 0.5) is 24.8 Å². The van der Waals surface area contributed by atoms with Gasteiger partial charge in [-0.1, -0.05) is 25.0 Å². The molecule has 0 radical (unpaired) electrons. The minimum atomic E-state index is -4.70. The van der Waals surface area contributed by atoms with Crippen molar-refractivity contribution < 1.29 is 17.9 Å². The maximum atomic E-state index is 14.5. The third-order valence-corrected chi connectivity index (χ3v) is 8.92. The quantitative estimate of drug-likeness (QED) is 0.211. The maximum absolute atomic E-state index is 14.5. The van der Waals surface area contributed by atoms with Crippen LogP contribution in [-0.2, 0) is 13.2 Å². The van der Waals surface area contributed by atoms with Crippen LogP contribution in [0.5, 0.6) is 5.75 Å². The average Bonchev–Trinajstić information content (AvgIpc) is 3.80. The van der Waals surface area contributed by atoms with Crippen LogP contribution in [0.25, 0.3) is 33.5 Å². The lowest BCUT2D eigenvalue weighted by molar-refractivity contribution is -0.137. The Hall–Kier alpha value is -4.71. The Morgan fingerprint density at radius 1 is 0.957 bits per heavy atom. The van der Waals surface area contributed by atoms with Crippen LogP contribution < -0.4 is 15.6 Å². The van der Waals surface area contributed by atoms with Crippen molar-refractivity contribution in [3.8, 4) is 28.3 Å². The third-order valence-electron chi connectivity index (χ3n) is 8.92. The van der Waals surface area contributed by atoms with E-state index in [0.29, 0.717) is 22.4 Å². The summed E-state index contributed by atoms with van der Waals surface area (Å²) < 4.78 is 52.9. The molecule has 0 amide bonds. The van der Waals surface area contributed by atoms with Crippen molar-refractivity contribution in [3.63, 3.8) is 0 Å². The summed E-state index contributed by atoms with van der Waals surface area (Å²) >= 11 is 0. The van der Waals surface area contributed by atoms with Crippen LogP contribution in [0.1, 0.15) is 43.7 Å². The number of aryl methyl sites for hydroxylation is 1. The van der Waals surface area contributed by atoms with Crippen molar-refractivity contribution in [2.45, 2.75) is 50.4 Å². The van der Waals surface area contributed by atoms with Crippen molar-refractivity contribution >= 4 is 22.7 Å². The number of halogens is 3. The molecule has 2 aromatic carbocycles. The Labute approximate surface area is 263 Å². The standard InChI is InChI=1S/C34H34F3N7O2/c1-42-15-13-26(20-42)46-25-10-8-23(9-11-25)40-33-39-19-22-17-28(32(45)44(31(22)41-33)24-5-3-4-6-24)27-12-7-21(18-29(27)34(35,36)37)30-38-14-16-43(30)2/h7-12,14,16-19,24,26H,3-6,13,15,20H2,1-2H3,(H,39,40,41). The summed E-state index contributed by atoms with van der Waals surface area (Å²) in [6.45, 7) is 1.90. The molecule has 0 bridgehead atoms. The molecule has 9 nitrogen and oxygen atoms in total. The van der Waals surface area contributed by atoms with Gasteiger partial charge >= 0.3 is 6.18 Å². The van der Waals surface area contributed by atoms with Crippen LogP contribution in [0.15, 0.2) is 71.9 Å². The molecule has 238 valence electrons. The molecule has 3 aromatic heterocycles. The molecule has 1 saturated heterocycles. The van der Waals surface area contributed by atoms with Gasteiger partial charge in [-0.05, 0) is 68.3 Å². The number of pyridine rings is 1. The number of hydrogen-bond donors (Lipinski definition) is 1. The molecule has 2 fully saturated rings. The van der Waals surface area contributed by atoms with E-state index in [9.17, 15) is 18.0 Å².